The van der Waals surface area contributed by atoms with Crippen molar-refractivity contribution in [1.29, 1.82) is 0 Å². The molecule has 0 heterocycles. The maximum Gasteiger partial charge on any atom is 0.229 e. The zero-order valence-corrected chi connectivity index (χ0v) is 10.2. The number of hydrogen-bond acceptors (Lipinski definition) is 6. The van der Waals surface area contributed by atoms with Crippen molar-refractivity contribution in [2.24, 2.45) is 5.18 Å². The Labute approximate surface area is 104 Å². The van der Waals surface area contributed by atoms with Gasteiger partial charge in [-0.2, -0.15) is 4.91 Å². The van der Waals surface area contributed by atoms with Crippen molar-refractivity contribution in [3.63, 3.8) is 0 Å². The topological polar surface area (TPSA) is 91.0 Å². The van der Waals surface area contributed by atoms with E-state index < -0.39 is 17.5 Å². The van der Waals surface area contributed by atoms with Gasteiger partial charge in [-0.15, -0.1) is 0 Å². The first kappa shape index (κ1) is 13.9. The highest BCUT2D eigenvalue weighted by atomic mass is 16.6. The fourth-order valence-corrected chi connectivity index (χ4v) is 1.59. The van der Waals surface area contributed by atoms with Gasteiger partial charge in [0.15, 0.2) is 17.5 Å². The van der Waals surface area contributed by atoms with Crippen LogP contribution in [0.25, 0.3) is 0 Å². The standard InChI is InChI=1S/C11H14N2O5/c1-17-10-4-3-8(6-11(10)18-2)5-9(12-14)7-13(15)16/h3-4,6,9H,5,7H2,1-2H3. The molecule has 7 nitrogen and oxygen atoms in total. The van der Waals surface area contributed by atoms with Crippen molar-refractivity contribution in [1.82, 2.24) is 0 Å². The van der Waals surface area contributed by atoms with Gasteiger partial charge >= 0.3 is 0 Å². The first-order valence-electron chi connectivity index (χ1n) is 5.25. The third-order valence-electron chi connectivity index (χ3n) is 2.43. The van der Waals surface area contributed by atoms with E-state index in [1.165, 1.54) is 14.2 Å². The Balaban J connectivity index is 2.83. The van der Waals surface area contributed by atoms with E-state index in [-0.39, 0.29) is 6.42 Å². The van der Waals surface area contributed by atoms with E-state index in [0.29, 0.717) is 11.5 Å². The van der Waals surface area contributed by atoms with Gasteiger partial charge in [-0.05, 0) is 17.7 Å². The van der Waals surface area contributed by atoms with Crippen LogP contribution in [0.4, 0.5) is 0 Å². The number of nitrogens with zero attached hydrogens (tertiary/aromatic N) is 2. The van der Waals surface area contributed by atoms with E-state index in [1.54, 1.807) is 18.2 Å². The zero-order valence-electron chi connectivity index (χ0n) is 10.2. The number of methoxy groups -OCH3 is 2. The number of benzene rings is 1. The highest BCUT2D eigenvalue weighted by Crippen LogP contribution is 2.28. The van der Waals surface area contributed by atoms with Gasteiger partial charge in [0.25, 0.3) is 0 Å². The van der Waals surface area contributed by atoms with Crippen LogP contribution in [0.2, 0.25) is 0 Å². The molecule has 18 heavy (non-hydrogen) atoms. The first-order chi connectivity index (χ1) is 8.60. The SMILES string of the molecule is COc1ccc(CC(C[N+](=O)[O-])N=O)cc1OC. The smallest absolute Gasteiger partial charge is 0.229 e. The summed E-state index contributed by atoms with van der Waals surface area (Å²) in [5, 5.41) is 13.1. The summed E-state index contributed by atoms with van der Waals surface area (Å²) >= 11 is 0. The molecule has 0 saturated carbocycles. The minimum Gasteiger partial charge on any atom is -0.493 e. The molecule has 0 amide bonds. The second kappa shape index (κ2) is 6.53. The van der Waals surface area contributed by atoms with E-state index in [9.17, 15) is 15.0 Å². The van der Waals surface area contributed by atoms with Crippen molar-refractivity contribution in [2.45, 2.75) is 12.5 Å². The van der Waals surface area contributed by atoms with Crippen molar-refractivity contribution < 1.29 is 14.4 Å². The van der Waals surface area contributed by atoms with Crippen LogP contribution in [-0.2, 0) is 6.42 Å². The molecule has 0 bridgehead atoms. The Kier molecular flexibility index (Phi) is 5.04. The molecule has 1 aromatic rings. The van der Waals surface area contributed by atoms with E-state index >= 15 is 0 Å². The Morgan fingerprint density at radius 2 is 2.00 bits per heavy atom. The molecular formula is C11H14N2O5. The molecule has 0 aromatic heterocycles. The van der Waals surface area contributed by atoms with Gasteiger partial charge in [-0.25, -0.2) is 0 Å². The second-order valence-corrected chi connectivity index (χ2v) is 3.67. The molecule has 1 atom stereocenters. The highest BCUT2D eigenvalue weighted by molar-refractivity contribution is 5.43. The Morgan fingerprint density at radius 1 is 1.33 bits per heavy atom. The van der Waals surface area contributed by atoms with Crippen LogP contribution >= 0.6 is 0 Å². The lowest BCUT2D eigenvalue weighted by Crippen LogP contribution is -2.19. The van der Waals surface area contributed by atoms with Crippen molar-refractivity contribution in [3.8, 4) is 11.5 Å². The van der Waals surface area contributed by atoms with Crippen LogP contribution < -0.4 is 9.47 Å². The fraction of sp³-hybridized carbons (Fsp3) is 0.455. The number of nitro groups is 1. The molecule has 0 spiro atoms. The summed E-state index contributed by atoms with van der Waals surface area (Å²) in [5.41, 5.74) is 0.735. The number of rotatable bonds is 7. The molecule has 98 valence electrons. The van der Waals surface area contributed by atoms with Gasteiger partial charge in [-0.1, -0.05) is 11.2 Å². The van der Waals surface area contributed by atoms with Crippen molar-refractivity contribution in [2.75, 3.05) is 20.8 Å². The lowest BCUT2D eigenvalue weighted by Gasteiger charge is -2.10. The van der Waals surface area contributed by atoms with Gasteiger partial charge < -0.3 is 9.47 Å². The van der Waals surface area contributed by atoms with Crippen molar-refractivity contribution in [3.05, 3.63) is 38.8 Å². The maximum atomic E-state index is 10.5. The zero-order chi connectivity index (χ0) is 13.5. The lowest BCUT2D eigenvalue weighted by molar-refractivity contribution is -0.482. The second-order valence-electron chi connectivity index (χ2n) is 3.67. The number of ether oxygens (including phenoxy) is 2. The van der Waals surface area contributed by atoms with Gasteiger partial charge in [0, 0.05) is 11.3 Å². The molecular weight excluding hydrogens is 240 g/mol. The van der Waals surface area contributed by atoms with Crippen LogP contribution in [-0.4, -0.2) is 31.7 Å². The third kappa shape index (κ3) is 3.69. The normalized spacial score (nSPS) is 11.7. The largest absolute Gasteiger partial charge is 0.493 e. The summed E-state index contributed by atoms with van der Waals surface area (Å²) in [6.07, 6.45) is 0.199. The molecule has 0 N–H and O–H groups in total. The average Bonchev–Trinajstić information content (AvgIpc) is 2.37. The van der Waals surface area contributed by atoms with Gasteiger partial charge in [0.1, 0.15) is 0 Å². The molecule has 1 unspecified atom stereocenters. The average molecular weight is 254 g/mol. The molecule has 0 saturated heterocycles. The molecule has 0 aliphatic rings. The quantitative estimate of drug-likeness (QED) is 0.419. The van der Waals surface area contributed by atoms with Crippen LogP contribution in [0, 0.1) is 15.0 Å². The molecule has 7 heteroatoms. The molecule has 0 aliphatic heterocycles. The summed E-state index contributed by atoms with van der Waals surface area (Å²) in [4.78, 5) is 20.3. The fourth-order valence-electron chi connectivity index (χ4n) is 1.59. The number of hydrogen-bond donors (Lipinski definition) is 0. The summed E-state index contributed by atoms with van der Waals surface area (Å²) in [5.74, 6) is 1.08. The maximum absolute atomic E-state index is 10.5. The molecule has 1 rings (SSSR count). The monoisotopic (exact) mass is 254 g/mol. The van der Waals surface area contributed by atoms with Crippen molar-refractivity contribution >= 4 is 0 Å². The summed E-state index contributed by atoms with van der Waals surface area (Å²) in [7, 11) is 3.01. The number of nitroso groups, excluding NO2 is 1. The van der Waals surface area contributed by atoms with Gasteiger partial charge in [0.2, 0.25) is 6.54 Å². The Morgan fingerprint density at radius 3 is 2.50 bits per heavy atom. The first-order valence-corrected chi connectivity index (χ1v) is 5.25. The minimum atomic E-state index is -0.877. The molecule has 0 fully saturated rings. The van der Waals surface area contributed by atoms with Crippen LogP contribution in [0.5, 0.6) is 11.5 Å². The Bertz CT molecular complexity index is 435. The van der Waals surface area contributed by atoms with Crippen LogP contribution in [0.3, 0.4) is 0 Å². The van der Waals surface area contributed by atoms with Crippen LogP contribution in [0.1, 0.15) is 5.56 Å². The molecule has 0 radical (unpaired) electrons. The van der Waals surface area contributed by atoms with E-state index in [2.05, 4.69) is 5.18 Å². The highest BCUT2D eigenvalue weighted by Gasteiger charge is 2.17. The minimum absolute atomic E-state index is 0.199. The summed E-state index contributed by atoms with van der Waals surface area (Å²) in [6, 6.07) is 4.21. The van der Waals surface area contributed by atoms with E-state index in [4.69, 9.17) is 9.47 Å². The third-order valence-corrected chi connectivity index (χ3v) is 2.43. The molecule has 0 aliphatic carbocycles. The lowest BCUT2D eigenvalue weighted by atomic mass is 10.1. The molecule has 1 aromatic carbocycles. The summed E-state index contributed by atoms with van der Waals surface area (Å²) in [6.45, 7) is -0.474. The predicted molar refractivity (Wildman–Crippen MR) is 64.7 cm³/mol. The van der Waals surface area contributed by atoms with E-state index in [0.717, 1.165) is 5.56 Å². The van der Waals surface area contributed by atoms with E-state index in [1.807, 2.05) is 0 Å². The van der Waals surface area contributed by atoms with Gasteiger partial charge in [-0.3, -0.25) is 10.1 Å². The van der Waals surface area contributed by atoms with Gasteiger partial charge in [0.05, 0.1) is 14.2 Å². The summed E-state index contributed by atoms with van der Waals surface area (Å²) < 4.78 is 10.2. The Hall–Kier alpha value is -2.18. The predicted octanol–water partition coefficient (Wildman–Crippen LogP) is 1.66. The van der Waals surface area contributed by atoms with Crippen LogP contribution in [0.15, 0.2) is 23.4 Å².